The van der Waals surface area contributed by atoms with Crippen LogP contribution >= 0.6 is 0 Å². The smallest absolute Gasteiger partial charge is 0.164 e. The van der Waals surface area contributed by atoms with Gasteiger partial charge in [0.2, 0.25) is 0 Å². The van der Waals surface area contributed by atoms with Gasteiger partial charge < -0.3 is 8.98 Å². The molecule has 10 heteroatoms. The molecule has 0 aliphatic heterocycles. The van der Waals surface area contributed by atoms with Crippen LogP contribution in [0.15, 0.2) is 144 Å². The van der Waals surface area contributed by atoms with E-state index in [0.29, 0.717) is 17.2 Å². The molecule has 0 aliphatic rings. The molecule has 3 heterocycles. The van der Waals surface area contributed by atoms with Crippen molar-refractivity contribution in [2.75, 3.05) is 0 Å². The molecule has 10 rings (SSSR count). The van der Waals surface area contributed by atoms with Gasteiger partial charge in [0, 0.05) is 43.9 Å². The third-order valence-electron chi connectivity index (χ3n) is 10.3. The highest BCUT2D eigenvalue weighted by Crippen LogP contribution is 2.41. The number of benzene rings is 7. The van der Waals surface area contributed by atoms with E-state index in [4.69, 9.17) is 58.6 Å². The van der Waals surface area contributed by atoms with Crippen molar-refractivity contribution in [1.82, 2.24) is 19.5 Å². The number of hydrogen-bond acceptors (Lipinski definition) is 4. The summed E-state index contributed by atoms with van der Waals surface area (Å²) in [7, 11) is 31.7. The Labute approximate surface area is 323 Å². The second-order valence-electron chi connectivity index (χ2n) is 13.5. The predicted molar refractivity (Wildman–Crippen MR) is 230 cm³/mol. The summed E-state index contributed by atoms with van der Waals surface area (Å²) in [4.78, 5) is 14.6. The molecule has 0 amide bonds. The van der Waals surface area contributed by atoms with E-state index in [2.05, 4.69) is 83.4 Å². The van der Waals surface area contributed by atoms with Gasteiger partial charge in [0.25, 0.3) is 0 Å². The summed E-state index contributed by atoms with van der Waals surface area (Å²) in [6.07, 6.45) is 0. The molecule has 244 valence electrons. The van der Waals surface area contributed by atoms with Crippen molar-refractivity contribution in [2.24, 2.45) is 0 Å². The first-order chi connectivity index (χ1) is 26.9. The normalized spacial score (nSPS) is 11.6. The summed E-state index contributed by atoms with van der Waals surface area (Å²) < 4.78 is 8.77. The Morgan fingerprint density at radius 1 is 0.418 bits per heavy atom. The van der Waals surface area contributed by atoms with Crippen molar-refractivity contribution < 1.29 is 4.42 Å². The molecule has 7 aromatic carbocycles. The van der Waals surface area contributed by atoms with Crippen LogP contribution in [0.3, 0.4) is 0 Å². The van der Waals surface area contributed by atoms with Crippen LogP contribution in [0.4, 0.5) is 0 Å². The lowest BCUT2D eigenvalue weighted by molar-refractivity contribution is 0.669. The molecular weight excluding hydrogens is 667 g/mol. The minimum Gasteiger partial charge on any atom is -0.456 e. The van der Waals surface area contributed by atoms with Gasteiger partial charge in [-0.25, -0.2) is 15.0 Å². The third-order valence-corrected chi connectivity index (χ3v) is 10.3. The Hall–Kier alpha value is -6.53. The minimum absolute atomic E-state index is 0.116. The lowest BCUT2D eigenvalue weighted by Gasteiger charge is -2.20. The van der Waals surface area contributed by atoms with Crippen LogP contribution in [-0.4, -0.2) is 58.8 Å². The fourth-order valence-corrected chi connectivity index (χ4v) is 7.63. The lowest BCUT2D eigenvalue weighted by atomic mass is 9.60. The largest absolute Gasteiger partial charge is 0.456 e. The number of hydrogen-bond donors (Lipinski definition) is 0. The summed E-state index contributed by atoms with van der Waals surface area (Å²) in [5.41, 5.74) is 9.46. The zero-order valence-electron chi connectivity index (χ0n) is 29.4. The fourth-order valence-electron chi connectivity index (χ4n) is 7.63. The second-order valence-corrected chi connectivity index (χ2v) is 13.5. The first-order valence-corrected chi connectivity index (χ1v) is 17.7. The van der Waals surface area contributed by atoms with Gasteiger partial charge in [0.1, 0.15) is 50.4 Å². The number of rotatable bonds is 5. The standard InChI is InChI=1S/C45H23B5N4O/c46-38-37(39(47)41(49)42(50)40(38)48)45-52-43(24-10-3-1-4-11-24)51-44(53-45)26-19-21-34-31(23-26)36-28(15-9-17-35(36)55-34)25-18-20-33-30(22-25)29-14-7-8-16-32(29)54(33)27-12-5-2-6-13-27/h1-23H. The van der Waals surface area contributed by atoms with E-state index in [1.807, 2.05) is 60.7 Å². The Bertz CT molecular complexity index is 3130. The Morgan fingerprint density at radius 2 is 1.02 bits per heavy atom. The average molecular weight is 690 g/mol. The average Bonchev–Trinajstić information content (AvgIpc) is 3.78. The van der Waals surface area contributed by atoms with Gasteiger partial charge in [-0.1, -0.05) is 95.9 Å². The molecule has 3 aromatic heterocycles. The molecule has 10 radical (unpaired) electrons. The van der Waals surface area contributed by atoms with E-state index in [0.717, 1.165) is 66.3 Å². The van der Waals surface area contributed by atoms with E-state index in [-0.39, 0.29) is 33.1 Å². The van der Waals surface area contributed by atoms with Gasteiger partial charge in [-0.2, -0.15) is 0 Å². The molecule has 0 saturated heterocycles. The highest BCUT2D eigenvalue weighted by molar-refractivity contribution is 6.68. The lowest BCUT2D eigenvalue weighted by Crippen LogP contribution is -2.55. The number of nitrogens with zero attached hydrogens (tertiary/aromatic N) is 4. The maximum Gasteiger partial charge on any atom is 0.164 e. The molecule has 0 atom stereocenters. The van der Waals surface area contributed by atoms with E-state index >= 15 is 0 Å². The zero-order valence-corrected chi connectivity index (χ0v) is 29.4. The summed E-state index contributed by atoms with van der Waals surface area (Å²) >= 11 is 0. The van der Waals surface area contributed by atoms with Crippen LogP contribution in [0.1, 0.15) is 0 Å². The number of fused-ring (bicyclic) bond motifs is 6. The first-order valence-electron chi connectivity index (χ1n) is 17.7. The van der Waals surface area contributed by atoms with Gasteiger partial charge in [-0.3, -0.25) is 0 Å². The number of furan rings is 1. The van der Waals surface area contributed by atoms with Crippen LogP contribution in [0, 0.1) is 0 Å². The van der Waals surface area contributed by atoms with Crippen molar-refractivity contribution in [2.45, 2.75) is 0 Å². The molecule has 0 aliphatic carbocycles. The highest BCUT2D eigenvalue weighted by atomic mass is 16.3. The van der Waals surface area contributed by atoms with E-state index in [1.165, 1.54) is 5.39 Å². The maximum absolute atomic E-state index is 6.50. The van der Waals surface area contributed by atoms with Crippen molar-refractivity contribution in [1.29, 1.82) is 0 Å². The molecule has 0 fully saturated rings. The molecule has 0 bridgehead atoms. The maximum atomic E-state index is 6.50. The van der Waals surface area contributed by atoms with Gasteiger partial charge >= 0.3 is 0 Å². The summed E-state index contributed by atoms with van der Waals surface area (Å²) in [6.45, 7) is 0. The monoisotopic (exact) mass is 690 g/mol. The molecule has 10 aromatic rings. The highest BCUT2D eigenvalue weighted by Gasteiger charge is 2.20. The number of para-hydroxylation sites is 2. The van der Waals surface area contributed by atoms with Crippen molar-refractivity contribution in [3.8, 4) is 51.0 Å². The molecule has 55 heavy (non-hydrogen) atoms. The summed E-state index contributed by atoms with van der Waals surface area (Å²) in [6, 6.07) is 47.3. The minimum atomic E-state index is 0.116. The van der Waals surface area contributed by atoms with Crippen LogP contribution in [0.2, 0.25) is 0 Å². The second kappa shape index (κ2) is 12.8. The van der Waals surface area contributed by atoms with Crippen LogP contribution < -0.4 is 27.3 Å². The first kappa shape index (κ1) is 33.1. The fraction of sp³-hybridized carbons (Fsp3) is 0. The molecule has 5 nitrogen and oxygen atoms in total. The number of aromatic nitrogens is 4. The zero-order chi connectivity index (χ0) is 37.4. The summed E-state index contributed by atoms with van der Waals surface area (Å²) in [5, 5.41) is 4.24. The SMILES string of the molecule is [B]c1c([B])c([B])c(-c2nc(-c3ccccc3)nc(-c3ccc4oc5cccc(-c6ccc7c(c6)c6ccccc6n7-c6ccccc6)c5c4c3)n2)c([B])c1[B]. The topological polar surface area (TPSA) is 56.7 Å². The van der Waals surface area contributed by atoms with Crippen LogP contribution in [-0.2, 0) is 0 Å². The van der Waals surface area contributed by atoms with Gasteiger partial charge in [0.15, 0.2) is 17.5 Å². The van der Waals surface area contributed by atoms with E-state index in [1.54, 1.807) is 0 Å². The summed E-state index contributed by atoms with van der Waals surface area (Å²) in [5.74, 6) is 1.05. The Balaban J connectivity index is 1.18. The molecule has 0 N–H and O–H groups in total. The molecular formula is C45H23B5N4O. The van der Waals surface area contributed by atoms with Crippen LogP contribution in [0.5, 0.6) is 0 Å². The van der Waals surface area contributed by atoms with Crippen LogP contribution in [0.25, 0.3) is 94.7 Å². The van der Waals surface area contributed by atoms with Crippen molar-refractivity contribution in [3.63, 3.8) is 0 Å². The van der Waals surface area contributed by atoms with Crippen molar-refractivity contribution >= 4 is 110 Å². The molecule has 0 spiro atoms. The van der Waals surface area contributed by atoms with E-state index in [9.17, 15) is 0 Å². The van der Waals surface area contributed by atoms with Gasteiger partial charge in [-0.15, -0.1) is 16.4 Å². The van der Waals surface area contributed by atoms with Gasteiger partial charge in [0.05, 0.1) is 11.0 Å². The van der Waals surface area contributed by atoms with Crippen molar-refractivity contribution in [3.05, 3.63) is 140 Å². The Kier molecular flexibility index (Phi) is 7.70. The Morgan fingerprint density at radius 3 is 1.78 bits per heavy atom. The quantitative estimate of drug-likeness (QED) is 0.224. The predicted octanol–water partition coefficient (Wildman–Crippen LogP) is 5.51. The third kappa shape index (κ3) is 5.27. The molecule has 0 saturated carbocycles. The van der Waals surface area contributed by atoms with Gasteiger partial charge in [-0.05, 0) is 65.7 Å². The molecule has 0 unspecified atom stereocenters. The van der Waals surface area contributed by atoms with E-state index < -0.39 is 0 Å².